The number of benzene rings is 1. The average Bonchev–Trinajstić information content (AvgIpc) is 2.75. The van der Waals surface area contributed by atoms with Gasteiger partial charge in [-0.25, -0.2) is 4.39 Å². The second kappa shape index (κ2) is 5.40. The maximum Gasteiger partial charge on any atom is 0.276 e. The fourth-order valence-electron chi connectivity index (χ4n) is 1.51. The summed E-state index contributed by atoms with van der Waals surface area (Å²) in [6.07, 6.45) is 0. The van der Waals surface area contributed by atoms with Crippen molar-refractivity contribution >= 4 is 17.5 Å². The van der Waals surface area contributed by atoms with Gasteiger partial charge in [-0.1, -0.05) is 11.8 Å². The molecule has 5 nitrogen and oxygen atoms in total. The zero-order chi connectivity index (χ0) is 14.0. The Morgan fingerprint density at radius 1 is 1.47 bits per heavy atom. The molecule has 0 saturated carbocycles. The van der Waals surface area contributed by atoms with Crippen molar-refractivity contribution in [1.82, 2.24) is 10.2 Å². The van der Waals surface area contributed by atoms with Gasteiger partial charge in [0.2, 0.25) is 5.89 Å². The third-order valence-electron chi connectivity index (χ3n) is 2.39. The van der Waals surface area contributed by atoms with Crippen LogP contribution in [0.25, 0.3) is 0 Å². The Hall–Kier alpha value is -1.89. The van der Waals surface area contributed by atoms with E-state index < -0.39 is 11.6 Å². The van der Waals surface area contributed by atoms with Crippen molar-refractivity contribution < 1.29 is 18.7 Å². The van der Waals surface area contributed by atoms with Gasteiger partial charge in [-0.2, -0.15) is 0 Å². The van der Waals surface area contributed by atoms with E-state index in [4.69, 9.17) is 4.42 Å². The molecule has 19 heavy (non-hydrogen) atoms. The summed E-state index contributed by atoms with van der Waals surface area (Å²) in [6, 6.07) is 2.20. The van der Waals surface area contributed by atoms with Gasteiger partial charge in [0.15, 0.2) is 5.78 Å². The number of phenolic OH excluding ortho intramolecular Hbond substituents is 1. The van der Waals surface area contributed by atoms with Crippen LogP contribution in [0.1, 0.15) is 28.7 Å². The lowest BCUT2D eigenvalue weighted by atomic mass is 10.1. The molecule has 0 atom stereocenters. The van der Waals surface area contributed by atoms with Gasteiger partial charge in [-0.15, -0.1) is 10.2 Å². The van der Waals surface area contributed by atoms with E-state index in [-0.39, 0.29) is 17.1 Å². The second-order valence-electron chi connectivity index (χ2n) is 3.89. The second-order valence-corrected chi connectivity index (χ2v) is 4.82. The van der Waals surface area contributed by atoms with Crippen LogP contribution < -0.4 is 0 Å². The van der Waals surface area contributed by atoms with Crippen molar-refractivity contribution in [2.45, 2.75) is 24.8 Å². The van der Waals surface area contributed by atoms with E-state index in [0.717, 1.165) is 17.8 Å². The lowest BCUT2D eigenvalue weighted by Crippen LogP contribution is -1.97. The van der Waals surface area contributed by atoms with Gasteiger partial charge in [-0.3, -0.25) is 4.79 Å². The number of nitrogens with zero attached hydrogens (tertiary/aromatic N) is 2. The van der Waals surface area contributed by atoms with Gasteiger partial charge in [0.05, 0.1) is 5.56 Å². The van der Waals surface area contributed by atoms with Gasteiger partial charge in [0.1, 0.15) is 11.6 Å². The third kappa shape index (κ3) is 3.11. The van der Waals surface area contributed by atoms with E-state index in [1.54, 1.807) is 6.92 Å². The SMILES string of the molecule is CC(=O)c1cc(F)cc(CSc2nnc(C)o2)c1O. The molecule has 1 aromatic heterocycles. The molecule has 1 heterocycles. The lowest BCUT2D eigenvalue weighted by molar-refractivity contribution is 0.101. The number of aromatic nitrogens is 2. The molecule has 2 aromatic rings. The van der Waals surface area contributed by atoms with Crippen LogP contribution in [-0.2, 0) is 5.75 Å². The first kappa shape index (κ1) is 13.5. The van der Waals surface area contributed by atoms with Crippen molar-refractivity contribution in [2.75, 3.05) is 0 Å². The van der Waals surface area contributed by atoms with E-state index in [2.05, 4.69) is 10.2 Å². The van der Waals surface area contributed by atoms with Gasteiger partial charge >= 0.3 is 0 Å². The molecule has 0 bridgehead atoms. The zero-order valence-electron chi connectivity index (χ0n) is 10.3. The molecule has 0 radical (unpaired) electrons. The molecule has 100 valence electrons. The van der Waals surface area contributed by atoms with Crippen LogP contribution in [0.4, 0.5) is 4.39 Å². The molecule has 0 aliphatic heterocycles. The summed E-state index contributed by atoms with van der Waals surface area (Å²) in [6.45, 7) is 2.93. The summed E-state index contributed by atoms with van der Waals surface area (Å²) >= 11 is 1.16. The molecule has 0 aliphatic carbocycles. The summed E-state index contributed by atoms with van der Waals surface area (Å²) in [7, 11) is 0. The van der Waals surface area contributed by atoms with Gasteiger partial charge in [0, 0.05) is 18.2 Å². The third-order valence-corrected chi connectivity index (χ3v) is 3.26. The Bertz CT molecular complexity index is 627. The number of halogens is 1. The topological polar surface area (TPSA) is 76.2 Å². The molecule has 0 fully saturated rings. The molecule has 0 aliphatic rings. The minimum atomic E-state index is -0.569. The van der Waals surface area contributed by atoms with Crippen LogP contribution in [-0.4, -0.2) is 21.1 Å². The predicted octanol–water partition coefficient (Wildman–Crippen LogP) is 2.72. The summed E-state index contributed by atoms with van der Waals surface area (Å²) in [5.74, 6) is -0.517. The predicted molar refractivity (Wildman–Crippen MR) is 66.7 cm³/mol. The van der Waals surface area contributed by atoms with Crippen LogP contribution in [0.5, 0.6) is 5.75 Å². The Morgan fingerprint density at radius 3 is 2.79 bits per heavy atom. The smallest absolute Gasteiger partial charge is 0.276 e. The molecule has 0 spiro atoms. The number of hydrogen-bond acceptors (Lipinski definition) is 6. The monoisotopic (exact) mass is 282 g/mol. The maximum absolute atomic E-state index is 13.4. The van der Waals surface area contributed by atoms with Crippen molar-refractivity contribution in [3.8, 4) is 5.75 Å². The van der Waals surface area contributed by atoms with E-state index in [0.29, 0.717) is 16.7 Å². The average molecular weight is 282 g/mol. The summed E-state index contributed by atoms with van der Waals surface area (Å²) in [5.41, 5.74) is 0.281. The summed E-state index contributed by atoms with van der Waals surface area (Å²) < 4.78 is 18.5. The number of carbonyl (C=O) groups is 1. The van der Waals surface area contributed by atoms with E-state index in [1.807, 2.05) is 0 Å². The quantitative estimate of drug-likeness (QED) is 0.686. The molecular formula is C12H11FN2O3S. The Labute approximate surface area is 112 Å². The molecule has 0 amide bonds. The van der Waals surface area contributed by atoms with Gasteiger partial charge in [0.25, 0.3) is 5.22 Å². The van der Waals surface area contributed by atoms with Gasteiger partial charge < -0.3 is 9.52 Å². The molecule has 0 unspecified atom stereocenters. The van der Waals surface area contributed by atoms with E-state index in [1.165, 1.54) is 13.0 Å². The number of phenols is 1. The van der Waals surface area contributed by atoms with Gasteiger partial charge in [-0.05, 0) is 19.1 Å². The maximum atomic E-state index is 13.4. The first-order valence-electron chi connectivity index (χ1n) is 5.42. The highest BCUT2D eigenvalue weighted by molar-refractivity contribution is 7.98. The zero-order valence-corrected chi connectivity index (χ0v) is 11.1. The lowest BCUT2D eigenvalue weighted by Gasteiger charge is -2.07. The molecular weight excluding hydrogens is 271 g/mol. The van der Waals surface area contributed by atoms with Crippen molar-refractivity contribution in [3.63, 3.8) is 0 Å². The Morgan fingerprint density at radius 2 is 2.21 bits per heavy atom. The molecule has 1 aromatic carbocycles. The highest BCUT2D eigenvalue weighted by Crippen LogP contribution is 2.30. The highest BCUT2D eigenvalue weighted by atomic mass is 32.2. The number of Topliss-reactive ketones (excluding diaryl/α,β-unsaturated/α-hetero) is 1. The van der Waals surface area contributed by atoms with Crippen molar-refractivity contribution in [3.05, 3.63) is 35.0 Å². The summed E-state index contributed by atoms with van der Waals surface area (Å²) in [4.78, 5) is 11.3. The minimum absolute atomic E-state index is 0.0303. The van der Waals surface area contributed by atoms with Crippen LogP contribution in [0.2, 0.25) is 0 Å². The summed E-state index contributed by atoms with van der Waals surface area (Å²) in [5, 5.41) is 17.7. The number of aromatic hydroxyl groups is 1. The van der Waals surface area contributed by atoms with Crippen LogP contribution >= 0.6 is 11.8 Å². The standard InChI is InChI=1S/C12H11FN2O3S/c1-6(16)10-4-9(13)3-8(11(10)17)5-19-12-15-14-7(2)18-12/h3-4,17H,5H2,1-2H3. The number of thioether (sulfide) groups is 1. The normalized spacial score (nSPS) is 10.7. The van der Waals surface area contributed by atoms with Crippen molar-refractivity contribution in [1.29, 1.82) is 0 Å². The number of ketones is 1. The fourth-order valence-corrected chi connectivity index (χ4v) is 2.29. The number of carbonyl (C=O) groups excluding carboxylic acids is 1. The number of aryl methyl sites for hydroxylation is 1. The van der Waals surface area contributed by atoms with Crippen molar-refractivity contribution in [2.24, 2.45) is 0 Å². The molecule has 0 saturated heterocycles. The number of hydrogen-bond donors (Lipinski definition) is 1. The molecule has 2 rings (SSSR count). The largest absolute Gasteiger partial charge is 0.507 e. The van der Waals surface area contributed by atoms with Crippen LogP contribution in [0, 0.1) is 12.7 Å². The van der Waals surface area contributed by atoms with E-state index >= 15 is 0 Å². The first-order chi connectivity index (χ1) is 8.97. The molecule has 7 heteroatoms. The fraction of sp³-hybridized carbons (Fsp3) is 0.250. The molecule has 1 N–H and O–H groups in total. The Kier molecular flexibility index (Phi) is 3.84. The van der Waals surface area contributed by atoms with E-state index in [9.17, 15) is 14.3 Å². The Balaban J connectivity index is 2.22. The number of rotatable bonds is 4. The van der Waals surface area contributed by atoms with Crippen LogP contribution in [0.15, 0.2) is 21.8 Å². The first-order valence-corrected chi connectivity index (χ1v) is 6.41. The minimum Gasteiger partial charge on any atom is -0.507 e. The highest BCUT2D eigenvalue weighted by Gasteiger charge is 2.15. The van der Waals surface area contributed by atoms with Crippen LogP contribution in [0.3, 0.4) is 0 Å².